The Bertz CT molecular complexity index is 768. The average Bonchev–Trinajstić information content (AvgIpc) is 2.84. The summed E-state index contributed by atoms with van der Waals surface area (Å²) in [5.41, 5.74) is 1.07. The summed E-state index contributed by atoms with van der Waals surface area (Å²) in [7, 11) is 0. The molecule has 0 saturated heterocycles. The van der Waals surface area contributed by atoms with Gasteiger partial charge in [-0.1, -0.05) is 38.3 Å². The fourth-order valence-electron chi connectivity index (χ4n) is 3.19. The molecule has 1 aromatic carbocycles. The Balaban J connectivity index is 2.10. The smallest absolute Gasteiger partial charge is 0.411 e. The highest BCUT2D eigenvalue weighted by Crippen LogP contribution is 2.14. The van der Waals surface area contributed by atoms with Gasteiger partial charge in [0, 0.05) is 30.6 Å². The molecule has 0 aliphatic rings. The van der Waals surface area contributed by atoms with Gasteiger partial charge in [-0.05, 0) is 49.9 Å². The largest absolute Gasteiger partial charge is 0.449 e. The van der Waals surface area contributed by atoms with Gasteiger partial charge < -0.3 is 14.2 Å². The number of carbonyl (C=O) groups excluding carboxylic acids is 4. The molecule has 9 heteroatoms. The fraction of sp³-hybridized carbons (Fsp3) is 0.481. The Morgan fingerprint density at radius 3 is 1.64 bits per heavy atom. The first-order valence-electron chi connectivity index (χ1n) is 12.3. The van der Waals surface area contributed by atoms with Gasteiger partial charge in [0.25, 0.3) is 0 Å². The molecule has 2 N–H and O–H groups in total. The van der Waals surface area contributed by atoms with E-state index in [0.717, 1.165) is 44.8 Å². The number of esters is 1. The van der Waals surface area contributed by atoms with Crippen LogP contribution in [0.2, 0.25) is 0 Å². The first-order chi connectivity index (χ1) is 17.4. The molecule has 0 fully saturated rings. The van der Waals surface area contributed by atoms with E-state index in [9.17, 15) is 19.2 Å². The van der Waals surface area contributed by atoms with Crippen molar-refractivity contribution in [2.24, 2.45) is 0 Å². The van der Waals surface area contributed by atoms with Gasteiger partial charge in [-0.25, -0.2) is 9.59 Å². The molecule has 1 rings (SSSR count). The van der Waals surface area contributed by atoms with E-state index >= 15 is 0 Å². The van der Waals surface area contributed by atoms with Crippen molar-refractivity contribution in [3.8, 4) is 0 Å². The summed E-state index contributed by atoms with van der Waals surface area (Å²) < 4.78 is 14.9. The Kier molecular flexibility index (Phi) is 16.6. The molecule has 0 unspecified atom stereocenters. The third kappa shape index (κ3) is 16.1. The van der Waals surface area contributed by atoms with Crippen LogP contribution in [0.25, 0.3) is 0 Å². The minimum atomic E-state index is -0.560. The Labute approximate surface area is 213 Å². The van der Waals surface area contributed by atoms with E-state index in [1.807, 2.05) is 0 Å². The second kappa shape index (κ2) is 19.7. The number of hydrogen-bond acceptors (Lipinski definition) is 7. The lowest BCUT2D eigenvalue weighted by Gasteiger charge is -2.09. The number of allylic oxidation sites excluding steroid dienone is 1. The van der Waals surface area contributed by atoms with Crippen molar-refractivity contribution in [1.82, 2.24) is 0 Å². The molecular formula is C27H38N2O7. The summed E-state index contributed by atoms with van der Waals surface area (Å²) >= 11 is 0. The van der Waals surface area contributed by atoms with Gasteiger partial charge in [0.1, 0.15) is 5.78 Å². The maximum atomic E-state index is 11.9. The van der Waals surface area contributed by atoms with Crippen molar-refractivity contribution in [3.63, 3.8) is 0 Å². The molecule has 9 nitrogen and oxygen atoms in total. The highest BCUT2D eigenvalue weighted by atomic mass is 16.6. The van der Waals surface area contributed by atoms with E-state index in [0.29, 0.717) is 50.1 Å². The maximum absolute atomic E-state index is 11.9. The zero-order chi connectivity index (χ0) is 26.4. The normalized spacial score (nSPS) is 10.1. The SMILES string of the molecule is C=CCC(=O)CCCCCCOC(=O)Nc1ccc(NC(=O)OCCCCCCC(=O)OC=C)cc1. The predicted molar refractivity (Wildman–Crippen MR) is 139 cm³/mol. The summed E-state index contributed by atoms with van der Waals surface area (Å²) in [6, 6.07) is 6.59. The molecule has 0 aromatic heterocycles. The van der Waals surface area contributed by atoms with Crippen LogP contribution in [0.5, 0.6) is 0 Å². The van der Waals surface area contributed by atoms with Crippen molar-refractivity contribution in [2.75, 3.05) is 23.8 Å². The van der Waals surface area contributed by atoms with E-state index in [1.165, 1.54) is 0 Å². The molecule has 0 radical (unpaired) electrons. The van der Waals surface area contributed by atoms with Gasteiger partial charge in [0.2, 0.25) is 0 Å². The van der Waals surface area contributed by atoms with E-state index < -0.39 is 12.2 Å². The van der Waals surface area contributed by atoms with Gasteiger partial charge >= 0.3 is 18.2 Å². The van der Waals surface area contributed by atoms with Crippen LogP contribution < -0.4 is 10.6 Å². The molecule has 0 aliphatic carbocycles. The molecule has 0 heterocycles. The van der Waals surface area contributed by atoms with Crippen LogP contribution in [0, 0.1) is 0 Å². The quantitative estimate of drug-likeness (QED) is 0.0726. The molecule has 0 aliphatic heterocycles. The summed E-state index contributed by atoms with van der Waals surface area (Å²) in [5, 5.41) is 5.26. The number of amides is 2. The minimum Gasteiger partial charge on any atom is -0.449 e. The van der Waals surface area contributed by atoms with E-state index in [-0.39, 0.29) is 18.4 Å². The number of carbonyl (C=O) groups is 4. The van der Waals surface area contributed by atoms with Crippen molar-refractivity contribution < 1.29 is 33.4 Å². The number of hydrogen-bond donors (Lipinski definition) is 2. The van der Waals surface area contributed by atoms with Gasteiger partial charge in [-0.3, -0.25) is 20.2 Å². The zero-order valence-corrected chi connectivity index (χ0v) is 20.9. The Morgan fingerprint density at radius 1 is 0.694 bits per heavy atom. The number of unbranched alkanes of at least 4 members (excludes halogenated alkanes) is 6. The predicted octanol–water partition coefficient (Wildman–Crippen LogP) is 6.52. The monoisotopic (exact) mass is 502 g/mol. The number of ether oxygens (including phenoxy) is 3. The summed E-state index contributed by atoms with van der Waals surface area (Å²) in [6.07, 6.45) is 9.42. The van der Waals surface area contributed by atoms with Crippen LogP contribution in [-0.4, -0.2) is 37.2 Å². The fourth-order valence-corrected chi connectivity index (χ4v) is 3.19. The lowest BCUT2D eigenvalue weighted by molar-refractivity contribution is -0.138. The zero-order valence-electron chi connectivity index (χ0n) is 20.9. The molecule has 0 spiro atoms. The average molecular weight is 503 g/mol. The molecule has 0 bridgehead atoms. The molecule has 1 aromatic rings. The lowest BCUT2D eigenvalue weighted by Crippen LogP contribution is -2.15. The van der Waals surface area contributed by atoms with Crippen LogP contribution in [0.1, 0.15) is 70.6 Å². The van der Waals surface area contributed by atoms with Crippen LogP contribution in [0.15, 0.2) is 49.8 Å². The van der Waals surface area contributed by atoms with Gasteiger partial charge in [-0.15, -0.1) is 6.58 Å². The second-order valence-corrected chi connectivity index (χ2v) is 8.12. The van der Waals surface area contributed by atoms with Crippen molar-refractivity contribution >= 4 is 35.3 Å². The topological polar surface area (TPSA) is 120 Å². The van der Waals surface area contributed by atoms with Gasteiger partial charge in [0.15, 0.2) is 0 Å². The summed E-state index contributed by atoms with van der Waals surface area (Å²) in [5.74, 6) is -0.0944. The van der Waals surface area contributed by atoms with E-state index in [4.69, 9.17) is 9.47 Å². The highest BCUT2D eigenvalue weighted by molar-refractivity contribution is 5.87. The molecular weight excluding hydrogens is 464 g/mol. The Morgan fingerprint density at radius 2 is 1.17 bits per heavy atom. The van der Waals surface area contributed by atoms with E-state index in [2.05, 4.69) is 28.5 Å². The van der Waals surface area contributed by atoms with Crippen LogP contribution in [0.4, 0.5) is 21.0 Å². The molecule has 36 heavy (non-hydrogen) atoms. The third-order valence-corrected chi connectivity index (χ3v) is 5.06. The van der Waals surface area contributed by atoms with Crippen LogP contribution in [-0.2, 0) is 23.8 Å². The number of ketones is 1. The first-order valence-corrected chi connectivity index (χ1v) is 12.3. The molecule has 2 amide bonds. The van der Waals surface area contributed by atoms with Crippen LogP contribution >= 0.6 is 0 Å². The first kappa shape index (κ1) is 30.4. The maximum Gasteiger partial charge on any atom is 0.411 e. The van der Waals surface area contributed by atoms with Crippen LogP contribution in [0.3, 0.4) is 0 Å². The van der Waals surface area contributed by atoms with E-state index in [1.54, 1.807) is 30.3 Å². The summed E-state index contributed by atoms with van der Waals surface area (Å²) in [6.45, 7) is 7.46. The number of Topliss-reactive ketones (excluding diaryl/α,β-unsaturated/α-hetero) is 1. The third-order valence-electron chi connectivity index (χ3n) is 5.06. The number of rotatable bonds is 19. The molecule has 0 atom stereocenters. The second-order valence-electron chi connectivity index (χ2n) is 8.12. The number of nitrogens with one attached hydrogen (secondary N) is 2. The highest BCUT2D eigenvalue weighted by Gasteiger charge is 2.06. The molecule has 198 valence electrons. The molecule has 0 saturated carbocycles. The lowest BCUT2D eigenvalue weighted by atomic mass is 10.1. The number of anilines is 2. The van der Waals surface area contributed by atoms with Crippen molar-refractivity contribution in [3.05, 3.63) is 49.8 Å². The standard InChI is InChI=1S/C27H38N2O7/c1-3-13-24(30)14-9-5-7-11-20-35-26(32)28-22-16-18-23(19-17-22)29-27(33)36-21-12-8-6-10-15-25(31)34-4-2/h3-4,16-19H,1-2,5-15,20-21H2,(H,28,32)(H,29,33). The minimum absolute atomic E-state index is 0.201. The van der Waals surface area contributed by atoms with Crippen molar-refractivity contribution in [1.29, 1.82) is 0 Å². The number of benzene rings is 1. The van der Waals surface area contributed by atoms with Gasteiger partial charge in [0.05, 0.1) is 19.5 Å². The Hall–Kier alpha value is -3.62. The van der Waals surface area contributed by atoms with Crippen molar-refractivity contribution in [2.45, 2.75) is 70.6 Å². The van der Waals surface area contributed by atoms with Gasteiger partial charge in [-0.2, -0.15) is 0 Å². The summed E-state index contributed by atoms with van der Waals surface area (Å²) in [4.78, 5) is 46.3.